The van der Waals surface area contributed by atoms with E-state index in [1.807, 2.05) is 6.92 Å². The van der Waals surface area contributed by atoms with Crippen LogP contribution in [-0.4, -0.2) is 21.8 Å². The van der Waals surface area contributed by atoms with E-state index in [9.17, 15) is 13.2 Å². The summed E-state index contributed by atoms with van der Waals surface area (Å²) in [6, 6.07) is 0.133. The Morgan fingerprint density at radius 2 is 2.00 bits per heavy atom. The van der Waals surface area contributed by atoms with Gasteiger partial charge in [-0.3, -0.25) is 4.68 Å². The summed E-state index contributed by atoms with van der Waals surface area (Å²) in [5, 5.41) is 6.45. The monoisotopic (exact) mass is 333 g/mol. The van der Waals surface area contributed by atoms with Crippen molar-refractivity contribution in [2.75, 3.05) is 0 Å². The number of halogens is 3. The number of aliphatic imine (C=N–C) groups is 1. The number of guanidine groups is 1. The Bertz CT molecular complexity index is 520. The van der Waals surface area contributed by atoms with Gasteiger partial charge < -0.3 is 11.1 Å². The first-order valence-corrected chi connectivity index (χ1v) is 7.75. The lowest BCUT2D eigenvalue weighted by atomic mass is 10.0. The lowest BCUT2D eigenvalue weighted by Crippen LogP contribution is -2.38. The molecular formula is C15H26F3N5. The van der Waals surface area contributed by atoms with Gasteiger partial charge in [0.2, 0.25) is 0 Å². The van der Waals surface area contributed by atoms with Crippen molar-refractivity contribution in [1.82, 2.24) is 15.1 Å². The second-order valence-corrected chi connectivity index (χ2v) is 6.25. The molecule has 1 rings (SSSR count). The molecule has 0 radical (unpaired) electrons. The molecule has 1 aromatic rings. The van der Waals surface area contributed by atoms with Gasteiger partial charge in [-0.25, -0.2) is 4.99 Å². The molecule has 1 unspecified atom stereocenters. The van der Waals surface area contributed by atoms with Crippen molar-refractivity contribution in [3.8, 4) is 0 Å². The van der Waals surface area contributed by atoms with Crippen LogP contribution in [-0.2, 0) is 19.8 Å². The van der Waals surface area contributed by atoms with Crippen LogP contribution < -0.4 is 11.1 Å². The van der Waals surface area contributed by atoms with Crippen LogP contribution in [0.25, 0.3) is 0 Å². The summed E-state index contributed by atoms with van der Waals surface area (Å²) in [5.74, 6) is 0.804. The summed E-state index contributed by atoms with van der Waals surface area (Å²) < 4.78 is 39.6. The van der Waals surface area contributed by atoms with E-state index in [-0.39, 0.29) is 24.1 Å². The van der Waals surface area contributed by atoms with E-state index in [4.69, 9.17) is 5.73 Å². The minimum Gasteiger partial charge on any atom is -0.370 e. The molecule has 5 nitrogen and oxygen atoms in total. The maximum atomic E-state index is 12.8. The van der Waals surface area contributed by atoms with Crippen molar-refractivity contribution in [1.29, 1.82) is 0 Å². The van der Waals surface area contributed by atoms with Gasteiger partial charge >= 0.3 is 6.18 Å². The molecule has 0 amide bonds. The molecule has 0 aliphatic heterocycles. The molecule has 0 bridgehead atoms. The highest BCUT2D eigenvalue weighted by atomic mass is 19.4. The first kappa shape index (κ1) is 19.3. The van der Waals surface area contributed by atoms with Crippen LogP contribution in [0.2, 0.25) is 0 Å². The highest BCUT2D eigenvalue weighted by Gasteiger charge is 2.36. The fourth-order valence-corrected chi connectivity index (χ4v) is 2.26. The normalized spacial score (nSPS) is 14.3. The summed E-state index contributed by atoms with van der Waals surface area (Å²) in [6.45, 7) is 6.16. The molecule has 0 spiro atoms. The van der Waals surface area contributed by atoms with Crippen molar-refractivity contribution in [3.05, 3.63) is 17.5 Å². The van der Waals surface area contributed by atoms with Crippen LogP contribution in [0.15, 0.2) is 11.2 Å². The molecule has 0 saturated carbocycles. The van der Waals surface area contributed by atoms with E-state index >= 15 is 0 Å². The summed E-state index contributed by atoms with van der Waals surface area (Å²) in [4.78, 5) is 4.00. The highest BCUT2D eigenvalue weighted by Crippen LogP contribution is 2.30. The molecule has 132 valence electrons. The Balaban J connectivity index is 2.57. The Morgan fingerprint density at radius 3 is 2.57 bits per heavy atom. The van der Waals surface area contributed by atoms with Gasteiger partial charge in [-0.2, -0.15) is 18.3 Å². The molecule has 0 aliphatic carbocycles. The zero-order chi connectivity index (χ0) is 17.6. The van der Waals surface area contributed by atoms with Crippen LogP contribution >= 0.6 is 0 Å². The number of alkyl halides is 3. The number of aromatic nitrogens is 2. The largest absolute Gasteiger partial charge is 0.435 e. The van der Waals surface area contributed by atoms with Gasteiger partial charge in [0.1, 0.15) is 0 Å². The third kappa shape index (κ3) is 6.92. The predicted molar refractivity (Wildman–Crippen MR) is 84.8 cm³/mol. The first-order valence-electron chi connectivity index (χ1n) is 7.75. The zero-order valence-electron chi connectivity index (χ0n) is 14.1. The van der Waals surface area contributed by atoms with Crippen LogP contribution in [0.4, 0.5) is 13.2 Å². The first-order chi connectivity index (χ1) is 10.6. The second kappa shape index (κ2) is 8.21. The number of nitrogens with zero attached hydrogens (tertiary/aromatic N) is 3. The van der Waals surface area contributed by atoms with Gasteiger partial charge in [-0.1, -0.05) is 26.7 Å². The maximum absolute atomic E-state index is 12.8. The van der Waals surface area contributed by atoms with Gasteiger partial charge in [-0.05, 0) is 19.3 Å². The minimum atomic E-state index is -4.49. The number of aryl methyl sites for hydroxylation is 1. The van der Waals surface area contributed by atoms with Gasteiger partial charge in [0.25, 0.3) is 0 Å². The smallest absolute Gasteiger partial charge is 0.370 e. The Hall–Kier alpha value is -1.73. The van der Waals surface area contributed by atoms with E-state index in [0.717, 1.165) is 23.9 Å². The summed E-state index contributed by atoms with van der Waals surface area (Å²) in [5.41, 5.74) is 4.85. The Labute approximate surface area is 135 Å². The van der Waals surface area contributed by atoms with Gasteiger partial charge in [0.05, 0.1) is 6.54 Å². The van der Waals surface area contributed by atoms with Crippen LogP contribution in [0.3, 0.4) is 0 Å². The standard InChI is InChI=1S/C15H26F3N5/c1-10(2)6-5-7-11(3)21-14(19)20-8-12-9-23(4)22-13(12)15(16,17)18/h9-11H,5-8H2,1-4H3,(H3,19,20,21). The molecule has 0 saturated heterocycles. The number of nitrogens with two attached hydrogens (primary N) is 1. The van der Waals surface area contributed by atoms with E-state index < -0.39 is 11.9 Å². The number of rotatable bonds is 7. The molecule has 1 atom stereocenters. The van der Waals surface area contributed by atoms with Crippen molar-refractivity contribution >= 4 is 5.96 Å². The van der Waals surface area contributed by atoms with Gasteiger partial charge in [0, 0.05) is 24.8 Å². The Morgan fingerprint density at radius 1 is 1.35 bits per heavy atom. The van der Waals surface area contributed by atoms with Crippen LogP contribution in [0, 0.1) is 5.92 Å². The molecule has 1 aromatic heterocycles. The second-order valence-electron chi connectivity index (χ2n) is 6.25. The molecule has 0 fully saturated rings. The number of hydrogen-bond donors (Lipinski definition) is 2. The summed E-state index contributed by atoms with van der Waals surface area (Å²) >= 11 is 0. The third-order valence-corrected chi connectivity index (χ3v) is 3.41. The van der Waals surface area contributed by atoms with E-state index in [1.54, 1.807) is 0 Å². The maximum Gasteiger partial charge on any atom is 0.435 e. The van der Waals surface area contributed by atoms with E-state index in [2.05, 4.69) is 29.3 Å². The minimum absolute atomic E-state index is 0.0113. The van der Waals surface area contributed by atoms with Gasteiger partial charge in [-0.15, -0.1) is 0 Å². The molecular weight excluding hydrogens is 307 g/mol. The van der Waals surface area contributed by atoms with Crippen molar-refractivity contribution in [2.45, 2.75) is 58.8 Å². The van der Waals surface area contributed by atoms with E-state index in [0.29, 0.717) is 5.92 Å². The fourth-order valence-electron chi connectivity index (χ4n) is 2.26. The lowest BCUT2D eigenvalue weighted by molar-refractivity contribution is -0.142. The van der Waals surface area contributed by atoms with Gasteiger partial charge in [0.15, 0.2) is 11.7 Å². The van der Waals surface area contributed by atoms with Crippen molar-refractivity contribution < 1.29 is 13.2 Å². The third-order valence-electron chi connectivity index (χ3n) is 3.41. The summed E-state index contributed by atoms with van der Waals surface area (Å²) in [6.07, 6.45) is -0.0349. The average Bonchev–Trinajstić information content (AvgIpc) is 2.77. The molecule has 8 heteroatoms. The topological polar surface area (TPSA) is 68.2 Å². The average molecular weight is 333 g/mol. The quantitative estimate of drug-likeness (QED) is 0.595. The predicted octanol–water partition coefficient (Wildman–Crippen LogP) is 3.06. The molecule has 3 N–H and O–H groups in total. The van der Waals surface area contributed by atoms with Crippen LogP contribution in [0.5, 0.6) is 0 Å². The Kier molecular flexibility index (Phi) is 6.90. The number of nitrogens with one attached hydrogen (secondary N) is 1. The lowest BCUT2D eigenvalue weighted by Gasteiger charge is -2.15. The molecule has 0 aliphatic rings. The number of hydrogen-bond acceptors (Lipinski definition) is 2. The van der Waals surface area contributed by atoms with Crippen molar-refractivity contribution in [2.24, 2.45) is 23.7 Å². The molecule has 23 heavy (non-hydrogen) atoms. The zero-order valence-corrected chi connectivity index (χ0v) is 14.1. The van der Waals surface area contributed by atoms with Crippen LogP contribution in [0.1, 0.15) is 51.3 Å². The van der Waals surface area contributed by atoms with Crippen molar-refractivity contribution in [3.63, 3.8) is 0 Å². The highest BCUT2D eigenvalue weighted by molar-refractivity contribution is 5.78. The molecule has 1 heterocycles. The summed E-state index contributed by atoms with van der Waals surface area (Å²) in [7, 11) is 1.45. The fraction of sp³-hybridized carbons (Fsp3) is 0.733. The molecule has 0 aromatic carbocycles. The van der Waals surface area contributed by atoms with E-state index in [1.165, 1.54) is 13.2 Å². The SMILES string of the molecule is CC(C)CCCC(C)NC(N)=NCc1cn(C)nc1C(F)(F)F.